The lowest BCUT2D eigenvalue weighted by Gasteiger charge is -2.14. The predicted molar refractivity (Wildman–Crippen MR) is 83.2 cm³/mol. The van der Waals surface area contributed by atoms with Crippen molar-refractivity contribution in [1.82, 2.24) is 20.4 Å². The van der Waals surface area contributed by atoms with Crippen LogP contribution in [0.4, 0.5) is 0 Å². The summed E-state index contributed by atoms with van der Waals surface area (Å²) < 4.78 is 1.82. The van der Waals surface area contributed by atoms with Crippen molar-refractivity contribution in [3.8, 4) is 5.69 Å². The third-order valence-electron chi connectivity index (χ3n) is 3.26. The monoisotopic (exact) mass is 286 g/mol. The molecule has 1 aromatic heterocycles. The highest BCUT2D eigenvalue weighted by Crippen LogP contribution is 2.08. The lowest BCUT2D eigenvalue weighted by Crippen LogP contribution is -2.42. The summed E-state index contributed by atoms with van der Waals surface area (Å²) in [5.41, 5.74) is 2.17. The molecule has 0 spiro atoms. The number of hydrogen-bond donors (Lipinski definition) is 2. The fraction of sp³-hybridized carbons (Fsp3) is 0.375. The Morgan fingerprint density at radius 3 is 2.71 bits per heavy atom. The summed E-state index contributed by atoms with van der Waals surface area (Å²) in [7, 11) is 0. The second-order valence-electron chi connectivity index (χ2n) is 5.01. The van der Waals surface area contributed by atoms with Gasteiger partial charge in [0.2, 0.25) is 5.91 Å². The maximum Gasteiger partial charge on any atom is 0.236 e. The van der Waals surface area contributed by atoms with Gasteiger partial charge in [-0.3, -0.25) is 4.79 Å². The van der Waals surface area contributed by atoms with E-state index < -0.39 is 0 Å². The number of nitrogens with one attached hydrogen (secondary N) is 2. The molecule has 0 fully saturated rings. The van der Waals surface area contributed by atoms with E-state index in [1.165, 1.54) is 0 Å². The molecule has 1 heterocycles. The summed E-state index contributed by atoms with van der Waals surface area (Å²) in [4.78, 5) is 11.7. The van der Waals surface area contributed by atoms with Crippen LogP contribution in [0.2, 0.25) is 0 Å². The first-order chi connectivity index (χ1) is 10.2. The fourth-order valence-electron chi connectivity index (χ4n) is 1.95. The summed E-state index contributed by atoms with van der Waals surface area (Å²) in [6, 6.07) is 9.83. The Balaban J connectivity index is 1.85. The Labute approximate surface area is 125 Å². The van der Waals surface area contributed by atoms with E-state index in [-0.39, 0.29) is 11.9 Å². The minimum atomic E-state index is -0.192. The molecule has 112 valence electrons. The number of hydrogen-bond acceptors (Lipinski definition) is 3. The lowest BCUT2D eigenvalue weighted by atomic mass is 10.2. The predicted octanol–water partition coefficient (Wildman–Crippen LogP) is 1.88. The van der Waals surface area contributed by atoms with Gasteiger partial charge in [-0.15, -0.1) is 0 Å². The number of nitrogens with zero attached hydrogens (tertiary/aromatic N) is 2. The molecule has 0 saturated heterocycles. The molecule has 1 atom stereocenters. The van der Waals surface area contributed by atoms with Crippen LogP contribution in [0.3, 0.4) is 0 Å². The molecule has 1 amide bonds. The average molecular weight is 286 g/mol. The van der Waals surface area contributed by atoms with Crippen LogP contribution in [0.15, 0.2) is 42.7 Å². The molecule has 0 bridgehead atoms. The van der Waals surface area contributed by atoms with Gasteiger partial charge in [0, 0.05) is 25.5 Å². The fourth-order valence-corrected chi connectivity index (χ4v) is 1.95. The van der Waals surface area contributed by atoms with Crippen LogP contribution in [0.5, 0.6) is 0 Å². The van der Waals surface area contributed by atoms with Crippen LogP contribution in [-0.4, -0.2) is 28.3 Å². The highest BCUT2D eigenvalue weighted by molar-refractivity contribution is 5.81. The third kappa shape index (κ3) is 4.43. The first-order valence-corrected chi connectivity index (χ1v) is 7.30. The highest BCUT2D eigenvalue weighted by atomic mass is 16.2. The van der Waals surface area contributed by atoms with Crippen molar-refractivity contribution < 1.29 is 4.79 Å². The van der Waals surface area contributed by atoms with Crippen molar-refractivity contribution in [2.45, 2.75) is 32.9 Å². The second-order valence-corrected chi connectivity index (χ2v) is 5.01. The Morgan fingerprint density at radius 1 is 1.33 bits per heavy atom. The smallest absolute Gasteiger partial charge is 0.236 e. The van der Waals surface area contributed by atoms with E-state index in [9.17, 15) is 4.79 Å². The number of carbonyl (C=O) groups excluding carboxylic acids is 1. The molecule has 21 heavy (non-hydrogen) atoms. The van der Waals surface area contributed by atoms with E-state index in [2.05, 4.69) is 15.7 Å². The topological polar surface area (TPSA) is 59.0 Å². The quantitative estimate of drug-likeness (QED) is 0.817. The van der Waals surface area contributed by atoms with Gasteiger partial charge >= 0.3 is 0 Å². The first-order valence-electron chi connectivity index (χ1n) is 7.30. The maximum atomic E-state index is 11.7. The van der Waals surface area contributed by atoms with E-state index >= 15 is 0 Å². The lowest BCUT2D eigenvalue weighted by molar-refractivity contribution is -0.122. The van der Waals surface area contributed by atoms with Crippen LogP contribution >= 0.6 is 0 Å². The van der Waals surface area contributed by atoms with Gasteiger partial charge in [-0.25, -0.2) is 4.68 Å². The standard InChI is InChI=1S/C16H22N4O/c1-3-9-17-16(21)13(2)18-12-14-5-7-15(8-6-14)20-11-4-10-19-20/h4-8,10-11,13,18H,3,9,12H2,1-2H3,(H,17,21)/t13-/m1/s1. The van der Waals surface area contributed by atoms with E-state index in [0.717, 1.165) is 24.2 Å². The average Bonchev–Trinajstić information content (AvgIpc) is 3.05. The molecule has 0 aliphatic carbocycles. The van der Waals surface area contributed by atoms with Gasteiger partial charge in [-0.05, 0) is 37.1 Å². The SMILES string of the molecule is CCCNC(=O)[C@@H](C)NCc1ccc(-n2cccn2)cc1. The van der Waals surface area contributed by atoms with Gasteiger partial charge in [0.05, 0.1) is 11.7 Å². The molecular weight excluding hydrogens is 264 g/mol. The Morgan fingerprint density at radius 2 is 2.10 bits per heavy atom. The van der Waals surface area contributed by atoms with Crippen molar-refractivity contribution >= 4 is 5.91 Å². The molecule has 5 heteroatoms. The third-order valence-corrected chi connectivity index (χ3v) is 3.26. The number of rotatable bonds is 7. The Hall–Kier alpha value is -2.14. The Bertz CT molecular complexity index is 548. The van der Waals surface area contributed by atoms with Crippen molar-refractivity contribution in [2.24, 2.45) is 0 Å². The normalized spacial score (nSPS) is 12.1. The largest absolute Gasteiger partial charge is 0.355 e. The van der Waals surface area contributed by atoms with Gasteiger partial charge < -0.3 is 10.6 Å². The number of benzene rings is 1. The number of carbonyl (C=O) groups is 1. The zero-order chi connectivity index (χ0) is 15.1. The molecule has 2 aromatic rings. The molecule has 0 aliphatic heterocycles. The van der Waals surface area contributed by atoms with Crippen LogP contribution in [0, 0.1) is 0 Å². The molecule has 2 rings (SSSR count). The van der Waals surface area contributed by atoms with Crippen molar-refractivity contribution in [1.29, 1.82) is 0 Å². The van der Waals surface area contributed by atoms with E-state index in [1.807, 2.05) is 55.1 Å². The molecule has 0 unspecified atom stereocenters. The number of amides is 1. The van der Waals surface area contributed by atoms with Gasteiger partial charge in [0.15, 0.2) is 0 Å². The van der Waals surface area contributed by atoms with E-state index in [1.54, 1.807) is 6.20 Å². The maximum absolute atomic E-state index is 11.7. The summed E-state index contributed by atoms with van der Waals surface area (Å²) >= 11 is 0. The molecule has 0 saturated carbocycles. The highest BCUT2D eigenvalue weighted by Gasteiger charge is 2.10. The first kappa shape index (κ1) is 15.3. The summed E-state index contributed by atoms with van der Waals surface area (Å²) in [5.74, 6) is 0.0463. The molecule has 0 aliphatic rings. The molecule has 2 N–H and O–H groups in total. The van der Waals surface area contributed by atoms with E-state index in [4.69, 9.17) is 0 Å². The van der Waals surface area contributed by atoms with Crippen molar-refractivity contribution in [2.75, 3.05) is 6.54 Å². The van der Waals surface area contributed by atoms with Gasteiger partial charge in [0.1, 0.15) is 0 Å². The van der Waals surface area contributed by atoms with Crippen LogP contribution in [0.25, 0.3) is 5.69 Å². The summed E-state index contributed by atoms with van der Waals surface area (Å²) in [6.07, 6.45) is 4.62. The zero-order valence-corrected chi connectivity index (χ0v) is 12.5. The molecule has 5 nitrogen and oxygen atoms in total. The summed E-state index contributed by atoms with van der Waals surface area (Å²) in [5, 5.41) is 10.3. The van der Waals surface area contributed by atoms with Crippen LogP contribution in [0.1, 0.15) is 25.8 Å². The molecule has 1 aromatic carbocycles. The van der Waals surface area contributed by atoms with Gasteiger partial charge in [-0.1, -0.05) is 19.1 Å². The van der Waals surface area contributed by atoms with Crippen molar-refractivity contribution in [3.63, 3.8) is 0 Å². The zero-order valence-electron chi connectivity index (χ0n) is 12.5. The van der Waals surface area contributed by atoms with E-state index in [0.29, 0.717) is 6.54 Å². The molecule has 0 radical (unpaired) electrons. The van der Waals surface area contributed by atoms with Crippen molar-refractivity contribution in [3.05, 3.63) is 48.3 Å². The van der Waals surface area contributed by atoms with Crippen LogP contribution in [-0.2, 0) is 11.3 Å². The number of aromatic nitrogens is 2. The summed E-state index contributed by atoms with van der Waals surface area (Å²) in [6.45, 7) is 5.31. The minimum Gasteiger partial charge on any atom is -0.355 e. The van der Waals surface area contributed by atoms with Crippen LogP contribution < -0.4 is 10.6 Å². The minimum absolute atomic E-state index is 0.0463. The van der Waals surface area contributed by atoms with Gasteiger partial charge in [-0.2, -0.15) is 5.10 Å². The second kappa shape index (κ2) is 7.59. The van der Waals surface area contributed by atoms with Gasteiger partial charge in [0.25, 0.3) is 0 Å². The molecular formula is C16H22N4O. The Kier molecular flexibility index (Phi) is 5.51.